The number of nitrogens with zero attached hydrogens (tertiary/aromatic N) is 1. The van der Waals surface area contributed by atoms with Gasteiger partial charge in [-0.05, 0) is 13.3 Å². The first-order valence-electron chi connectivity index (χ1n) is 5.75. The summed E-state index contributed by atoms with van der Waals surface area (Å²) >= 11 is 0. The van der Waals surface area contributed by atoms with Crippen LogP contribution >= 0.6 is 0 Å². The summed E-state index contributed by atoms with van der Waals surface area (Å²) < 4.78 is 20.2. The molecule has 1 unspecified atom stereocenters. The van der Waals surface area contributed by atoms with Gasteiger partial charge in [0.05, 0.1) is 6.10 Å². The summed E-state index contributed by atoms with van der Waals surface area (Å²) in [5.74, 6) is 0. The Bertz CT molecular complexity index is 553. The van der Waals surface area contributed by atoms with E-state index in [9.17, 15) is 19.1 Å². The lowest BCUT2D eigenvalue weighted by Crippen LogP contribution is -2.36. The minimum absolute atomic E-state index is 0.278. The van der Waals surface area contributed by atoms with E-state index in [-0.39, 0.29) is 5.56 Å². The molecule has 0 aromatic carbocycles. The fourth-order valence-electron chi connectivity index (χ4n) is 2.04. The first-order chi connectivity index (χ1) is 8.45. The fraction of sp³-hybridized carbons (Fsp3) is 0.636. The van der Waals surface area contributed by atoms with Crippen LogP contribution in [-0.2, 0) is 4.74 Å². The number of aromatic nitrogens is 2. The zero-order valence-corrected chi connectivity index (χ0v) is 10.1. The van der Waals surface area contributed by atoms with Gasteiger partial charge in [-0.15, -0.1) is 0 Å². The molecule has 0 radical (unpaired) electrons. The third kappa shape index (κ3) is 1.99. The van der Waals surface area contributed by atoms with Crippen molar-refractivity contribution in [2.75, 3.05) is 0 Å². The quantitative estimate of drug-likeness (QED) is 0.772. The van der Waals surface area contributed by atoms with E-state index >= 15 is 0 Å². The van der Waals surface area contributed by atoms with Gasteiger partial charge in [0.1, 0.15) is 6.10 Å². The number of rotatable bonds is 2. The number of aliphatic hydroxyl groups excluding tert-OH is 1. The van der Waals surface area contributed by atoms with E-state index in [1.54, 1.807) is 6.92 Å². The summed E-state index contributed by atoms with van der Waals surface area (Å²) in [5.41, 5.74) is -0.987. The second-order valence-electron chi connectivity index (χ2n) is 4.39. The Morgan fingerprint density at radius 3 is 2.78 bits per heavy atom. The van der Waals surface area contributed by atoms with Gasteiger partial charge in [-0.25, -0.2) is 9.18 Å². The highest BCUT2D eigenvalue weighted by Crippen LogP contribution is 2.32. The molecule has 18 heavy (non-hydrogen) atoms. The Hall–Kier alpha value is -1.47. The van der Waals surface area contributed by atoms with Gasteiger partial charge in [0, 0.05) is 11.8 Å². The summed E-state index contributed by atoms with van der Waals surface area (Å²) in [6, 6.07) is 0. The van der Waals surface area contributed by atoms with Crippen molar-refractivity contribution in [2.45, 2.75) is 44.9 Å². The highest BCUT2D eigenvalue weighted by molar-refractivity contribution is 5.03. The van der Waals surface area contributed by atoms with Crippen LogP contribution in [0.3, 0.4) is 0 Å². The first-order valence-corrected chi connectivity index (χ1v) is 5.75. The molecular weight excluding hydrogens is 243 g/mol. The van der Waals surface area contributed by atoms with Crippen molar-refractivity contribution in [2.24, 2.45) is 0 Å². The van der Waals surface area contributed by atoms with Crippen LogP contribution in [0.1, 0.15) is 25.1 Å². The molecule has 0 spiro atoms. The van der Waals surface area contributed by atoms with E-state index in [1.807, 2.05) is 0 Å². The lowest BCUT2D eigenvalue weighted by molar-refractivity contribution is -0.0281. The zero-order valence-electron chi connectivity index (χ0n) is 10.1. The molecule has 1 fully saturated rings. The summed E-state index contributed by atoms with van der Waals surface area (Å²) in [4.78, 5) is 24.9. The number of H-pyrrole nitrogens is 1. The minimum Gasteiger partial charge on any atom is -0.387 e. The maximum Gasteiger partial charge on any atom is 0.330 e. The topological polar surface area (TPSA) is 84.3 Å². The van der Waals surface area contributed by atoms with E-state index in [2.05, 4.69) is 4.98 Å². The van der Waals surface area contributed by atoms with Crippen LogP contribution in [0.25, 0.3) is 0 Å². The third-order valence-electron chi connectivity index (χ3n) is 3.12. The van der Waals surface area contributed by atoms with Gasteiger partial charge in [0.15, 0.2) is 12.4 Å². The molecule has 1 aliphatic rings. The number of aliphatic hydroxyl groups is 1. The molecule has 0 aliphatic carbocycles. The molecule has 0 amide bonds. The van der Waals surface area contributed by atoms with E-state index < -0.39 is 35.9 Å². The van der Waals surface area contributed by atoms with Gasteiger partial charge in [-0.1, -0.05) is 6.92 Å². The smallest absolute Gasteiger partial charge is 0.330 e. The van der Waals surface area contributed by atoms with Gasteiger partial charge in [0.25, 0.3) is 5.56 Å². The van der Waals surface area contributed by atoms with E-state index in [1.165, 1.54) is 13.1 Å². The Balaban J connectivity index is 2.42. The maximum atomic E-state index is 13.9. The SMILES string of the molecule is CC[C@@H]1O[C@H](n2cc(C)c(=O)[nH]c2=O)C(F)[C@@H]1O. The van der Waals surface area contributed by atoms with Crippen LogP contribution in [0.15, 0.2) is 15.8 Å². The standard InChI is InChI=1S/C11H15FN2O4/c1-3-6-8(15)7(12)10(18-6)14-4-5(2)9(16)13-11(14)17/h4,6-8,10,15H,3H2,1-2H3,(H,13,16,17)/t6-,7?,8+,10-/m0/s1. The number of ether oxygens (including phenoxy) is 1. The number of hydrogen-bond donors (Lipinski definition) is 2. The summed E-state index contributed by atoms with van der Waals surface area (Å²) in [6.07, 6.45) is -3.13. The molecule has 2 N–H and O–H groups in total. The predicted molar refractivity (Wildman–Crippen MR) is 61.2 cm³/mol. The highest BCUT2D eigenvalue weighted by Gasteiger charge is 2.44. The Labute approximate surface area is 102 Å². The van der Waals surface area contributed by atoms with Crippen LogP contribution in [-0.4, -0.2) is 33.0 Å². The van der Waals surface area contributed by atoms with Crippen molar-refractivity contribution in [3.8, 4) is 0 Å². The number of alkyl halides is 1. The summed E-state index contributed by atoms with van der Waals surface area (Å²) in [6.45, 7) is 3.26. The average Bonchev–Trinajstić information content (AvgIpc) is 2.61. The van der Waals surface area contributed by atoms with Crippen LogP contribution < -0.4 is 11.2 Å². The third-order valence-corrected chi connectivity index (χ3v) is 3.12. The van der Waals surface area contributed by atoms with Crippen molar-refractivity contribution in [3.05, 3.63) is 32.6 Å². The molecule has 1 aromatic rings. The average molecular weight is 258 g/mol. The minimum atomic E-state index is -1.70. The first kappa shape index (κ1) is 13.0. The van der Waals surface area contributed by atoms with Crippen LogP contribution in [0, 0.1) is 6.92 Å². The Morgan fingerprint density at radius 1 is 1.56 bits per heavy atom. The Kier molecular flexibility index (Phi) is 3.36. The molecule has 100 valence electrons. The van der Waals surface area contributed by atoms with Gasteiger partial charge in [-0.2, -0.15) is 0 Å². The van der Waals surface area contributed by atoms with E-state index in [0.29, 0.717) is 6.42 Å². The lowest BCUT2D eigenvalue weighted by Gasteiger charge is -2.16. The molecule has 6 nitrogen and oxygen atoms in total. The molecule has 0 bridgehead atoms. The van der Waals surface area contributed by atoms with Crippen molar-refractivity contribution < 1.29 is 14.2 Å². The molecule has 2 heterocycles. The molecule has 1 aromatic heterocycles. The van der Waals surface area contributed by atoms with Gasteiger partial charge < -0.3 is 9.84 Å². The molecule has 1 saturated heterocycles. The zero-order chi connectivity index (χ0) is 13.4. The highest BCUT2D eigenvalue weighted by atomic mass is 19.1. The summed E-state index contributed by atoms with van der Waals surface area (Å²) in [7, 11) is 0. The monoisotopic (exact) mass is 258 g/mol. The molecule has 0 saturated carbocycles. The van der Waals surface area contributed by atoms with Crippen LogP contribution in [0.2, 0.25) is 0 Å². The molecule has 2 rings (SSSR count). The maximum absolute atomic E-state index is 13.9. The lowest BCUT2D eigenvalue weighted by atomic mass is 10.1. The molecular formula is C11H15FN2O4. The van der Waals surface area contributed by atoms with Crippen molar-refractivity contribution >= 4 is 0 Å². The number of nitrogens with one attached hydrogen (secondary N) is 1. The largest absolute Gasteiger partial charge is 0.387 e. The number of aromatic amines is 1. The number of aryl methyl sites for hydroxylation is 1. The number of hydrogen-bond acceptors (Lipinski definition) is 4. The van der Waals surface area contributed by atoms with Crippen molar-refractivity contribution in [1.82, 2.24) is 9.55 Å². The van der Waals surface area contributed by atoms with E-state index in [4.69, 9.17) is 4.74 Å². The second kappa shape index (κ2) is 4.66. The normalized spacial score (nSPS) is 31.8. The summed E-state index contributed by atoms with van der Waals surface area (Å²) in [5, 5.41) is 9.62. The number of halogens is 1. The fourth-order valence-corrected chi connectivity index (χ4v) is 2.04. The molecule has 4 atom stereocenters. The predicted octanol–water partition coefficient (Wildman–Crippen LogP) is -0.149. The van der Waals surface area contributed by atoms with Gasteiger partial charge in [0.2, 0.25) is 0 Å². The molecule has 1 aliphatic heterocycles. The Morgan fingerprint density at radius 2 is 2.22 bits per heavy atom. The van der Waals surface area contributed by atoms with Gasteiger partial charge >= 0.3 is 5.69 Å². The van der Waals surface area contributed by atoms with Gasteiger partial charge in [-0.3, -0.25) is 14.3 Å². The van der Waals surface area contributed by atoms with E-state index in [0.717, 1.165) is 4.57 Å². The van der Waals surface area contributed by atoms with Crippen molar-refractivity contribution in [3.63, 3.8) is 0 Å². The van der Waals surface area contributed by atoms with Crippen molar-refractivity contribution in [1.29, 1.82) is 0 Å². The second-order valence-corrected chi connectivity index (χ2v) is 4.39. The molecule has 7 heteroatoms. The van der Waals surface area contributed by atoms with Crippen LogP contribution in [0.4, 0.5) is 4.39 Å². The van der Waals surface area contributed by atoms with Crippen LogP contribution in [0.5, 0.6) is 0 Å².